The van der Waals surface area contributed by atoms with Crippen LogP contribution in [0, 0.1) is 25.5 Å². The van der Waals surface area contributed by atoms with Crippen molar-refractivity contribution < 1.29 is 18.3 Å². The number of ether oxygens (including phenoxy) is 1. The van der Waals surface area contributed by atoms with Crippen LogP contribution < -0.4 is 16.2 Å². The number of carbonyl (C=O) groups is 1. The second-order valence-electron chi connectivity index (χ2n) is 8.08. The number of Topliss-reactive ketones (excluding diaryl/α,β-unsaturated/α-hetero) is 1. The molecule has 178 valence electrons. The van der Waals surface area contributed by atoms with E-state index in [-0.39, 0.29) is 34.5 Å². The van der Waals surface area contributed by atoms with Gasteiger partial charge in [0.1, 0.15) is 11.6 Å². The summed E-state index contributed by atoms with van der Waals surface area (Å²) in [6.45, 7) is 5.19. The average molecular weight is 475 g/mol. The lowest BCUT2D eigenvalue weighted by Gasteiger charge is -2.11. The lowest BCUT2D eigenvalue weighted by Crippen LogP contribution is -2.08. The molecule has 0 saturated carbocycles. The van der Waals surface area contributed by atoms with E-state index in [0.717, 1.165) is 5.56 Å². The van der Waals surface area contributed by atoms with Crippen molar-refractivity contribution in [2.75, 3.05) is 11.5 Å². The molecule has 9 heteroatoms. The molecule has 2 aromatic heterocycles. The van der Waals surface area contributed by atoms with Gasteiger partial charge in [-0.1, -0.05) is 12.1 Å². The standard InChI is InChI=1S/C26H23F2N5O2/c1-14-9-21(29)20(28)11-17(14)8-16(3)25(34)18-12-32-33(26(18)30)22-13-31-24(10-15(22)2)35-23-7-5-4-6-19(23)27/h4-13H,29-30H2,1-3H3/b16-8+. The van der Waals surface area contributed by atoms with Crippen molar-refractivity contribution in [3.8, 4) is 17.3 Å². The Morgan fingerprint density at radius 1 is 1.03 bits per heavy atom. The van der Waals surface area contributed by atoms with Crippen LogP contribution in [0.2, 0.25) is 0 Å². The number of anilines is 2. The van der Waals surface area contributed by atoms with Gasteiger partial charge in [0.25, 0.3) is 0 Å². The Labute approximate surface area is 200 Å². The first kappa shape index (κ1) is 23.6. The number of nitrogens with zero attached hydrogens (tertiary/aromatic N) is 3. The fraction of sp³-hybridized carbons (Fsp3) is 0.115. The van der Waals surface area contributed by atoms with Crippen LogP contribution in [0.4, 0.5) is 20.3 Å². The molecule has 0 unspecified atom stereocenters. The number of halogens is 2. The topological polar surface area (TPSA) is 109 Å². The van der Waals surface area contributed by atoms with E-state index in [0.29, 0.717) is 22.4 Å². The van der Waals surface area contributed by atoms with Gasteiger partial charge < -0.3 is 16.2 Å². The molecule has 35 heavy (non-hydrogen) atoms. The molecule has 2 aromatic carbocycles. The van der Waals surface area contributed by atoms with Crippen LogP contribution in [0.1, 0.15) is 34.0 Å². The molecule has 4 aromatic rings. The number of para-hydroxylation sites is 1. The highest BCUT2D eigenvalue weighted by Crippen LogP contribution is 2.27. The average Bonchev–Trinajstić information content (AvgIpc) is 3.19. The minimum Gasteiger partial charge on any atom is -0.436 e. The minimum absolute atomic E-state index is 0.0449. The lowest BCUT2D eigenvalue weighted by molar-refractivity contribution is 0.103. The van der Waals surface area contributed by atoms with Crippen molar-refractivity contribution in [1.82, 2.24) is 14.8 Å². The van der Waals surface area contributed by atoms with Crippen molar-refractivity contribution in [2.24, 2.45) is 0 Å². The van der Waals surface area contributed by atoms with Crippen LogP contribution in [-0.2, 0) is 0 Å². The van der Waals surface area contributed by atoms with Crippen LogP contribution in [0.25, 0.3) is 11.8 Å². The zero-order chi connectivity index (χ0) is 25.3. The summed E-state index contributed by atoms with van der Waals surface area (Å²) in [6, 6.07) is 10.4. The number of aryl methyl sites for hydroxylation is 2. The Hall–Kier alpha value is -4.53. The fourth-order valence-electron chi connectivity index (χ4n) is 3.55. The third kappa shape index (κ3) is 4.74. The zero-order valence-corrected chi connectivity index (χ0v) is 19.3. The van der Waals surface area contributed by atoms with Crippen molar-refractivity contribution in [3.05, 3.63) is 94.3 Å². The number of allylic oxidation sites excluding steroid dienone is 1. The molecule has 4 rings (SSSR count). The third-order valence-corrected chi connectivity index (χ3v) is 5.50. The van der Waals surface area contributed by atoms with Gasteiger partial charge >= 0.3 is 0 Å². The fourth-order valence-corrected chi connectivity index (χ4v) is 3.55. The van der Waals surface area contributed by atoms with E-state index < -0.39 is 11.6 Å². The Bertz CT molecular complexity index is 1480. The van der Waals surface area contributed by atoms with E-state index >= 15 is 0 Å². The smallest absolute Gasteiger partial charge is 0.219 e. The van der Waals surface area contributed by atoms with Gasteiger partial charge in [-0.3, -0.25) is 4.79 Å². The van der Waals surface area contributed by atoms with Crippen molar-refractivity contribution >= 4 is 23.4 Å². The Balaban J connectivity index is 1.61. The van der Waals surface area contributed by atoms with Gasteiger partial charge in [-0.05, 0) is 73.4 Å². The summed E-state index contributed by atoms with van der Waals surface area (Å²) < 4.78 is 34.7. The number of aromatic nitrogens is 3. The largest absolute Gasteiger partial charge is 0.436 e. The second kappa shape index (κ2) is 9.38. The normalized spacial score (nSPS) is 11.5. The number of ketones is 1. The number of nitrogens with two attached hydrogens (primary N) is 2. The van der Waals surface area contributed by atoms with Crippen molar-refractivity contribution in [3.63, 3.8) is 0 Å². The van der Waals surface area contributed by atoms with E-state index in [1.165, 1.54) is 41.3 Å². The molecule has 2 heterocycles. The molecule has 0 saturated heterocycles. The third-order valence-electron chi connectivity index (χ3n) is 5.50. The lowest BCUT2D eigenvalue weighted by atomic mass is 10.0. The van der Waals surface area contributed by atoms with E-state index in [1.807, 2.05) is 0 Å². The maximum absolute atomic E-state index is 13.9. The van der Waals surface area contributed by atoms with E-state index in [1.54, 1.807) is 45.0 Å². The molecular weight excluding hydrogens is 452 g/mol. The SMILES string of the molecule is C/C(=C\c1cc(F)c(N)cc1C)C(=O)c1cnn(-c2cnc(Oc3ccccc3F)cc2C)c1N. The molecule has 0 aliphatic rings. The van der Waals surface area contributed by atoms with E-state index in [2.05, 4.69) is 10.1 Å². The minimum atomic E-state index is -0.556. The van der Waals surface area contributed by atoms with Gasteiger partial charge in [0.05, 0.1) is 29.3 Å². The van der Waals surface area contributed by atoms with Gasteiger partial charge in [0.15, 0.2) is 17.3 Å². The van der Waals surface area contributed by atoms with Gasteiger partial charge in [-0.2, -0.15) is 5.10 Å². The number of benzene rings is 2. The Morgan fingerprint density at radius 2 is 1.77 bits per heavy atom. The quantitative estimate of drug-likeness (QED) is 0.219. The highest BCUT2D eigenvalue weighted by Gasteiger charge is 2.19. The molecule has 0 aliphatic heterocycles. The summed E-state index contributed by atoms with van der Waals surface area (Å²) >= 11 is 0. The molecule has 0 spiro atoms. The highest BCUT2D eigenvalue weighted by molar-refractivity contribution is 6.13. The molecule has 0 atom stereocenters. The van der Waals surface area contributed by atoms with Gasteiger partial charge in [-0.25, -0.2) is 18.4 Å². The van der Waals surface area contributed by atoms with Gasteiger partial charge in [0.2, 0.25) is 5.88 Å². The molecular formula is C26H23F2N5O2. The van der Waals surface area contributed by atoms with Crippen LogP contribution in [0.5, 0.6) is 11.6 Å². The molecule has 0 amide bonds. The molecule has 7 nitrogen and oxygen atoms in total. The summed E-state index contributed by atoms with van der Waals surface area (Å²) in [5, 5.41) is 4.25. The summed E-state index contributed by atoms with van der Waals surface area (Å²) in [5.74, 6) is -1.04. The first-order valence-corrected chi connectivity index (χ1v) is 10.7. The van der Waals surface area contributed by atoms with Gasteiger partial charge in [-0.15, -0.1) is 0 Å². The predicted molar refractivity (Wildman–Crippen MR) is 131 cm³/mol. The first-order chi connectivity index (χ1) is 16.7. The maximum atomic E-state index is 13.9. The Morgan fingerprint density at radius 3 is 2.49 bits per heavy atom. The number of rotatable bonds is 6. The monoisotopic (exact) mass is 475 g/mol. The summed E-state index contributed by atoms with van der Waals surface area (Å²) in [4.78, 5) is 17.3. The number of carbonyl (C=O) groups excluding carboxylic acids is 1. The van der Waals surface area contributed by atoms with Gasteiger partial charge in [0, 0.05) is 6.07 Å². The molecule has 4 N–H and O–H groups in total. The summed E-state index contributed by atoms with van der Waals surface area (Å²) in [6.07, 6.45) is 4.43. The molecule has 0 radical (unpaired) electrons. The van der Waals surface area contributed by atoms with Crippen LogP contribution in [0.15, 0.2) is 60.4 Å². The summed E-state index contributed by atoms with van der Waals surface area (Å²) in [5.41, 5.74) is 14.9. The molecule has 0 fully saturated rings. The van der Waals surface area contributed by atoms with E-state index in [4.69, 9.17) is 16.2 Å². The number of hydrogen-bond acceptors (Lipinski definition) is 6. The van der Waals surface area contributed by atoms with Crippen LogP contribution in [-0.4, -0.2) is 20.5 Å². The summed E-state index contributed by atoms with van der Waals surface area (Å²) in [7, 11) is 0. The predicted octanol–water partition coefficient (Wildman–Crippen LogP) is 5.41. The van der Waals surface area contributed by atoms with Crippen LogP contribution in [0.3, 0.4) is 0 Å². The zero-order valence-electron chi connectivity index (χ0n) is 19.3. The molecule has 0 aliphatic carbocycles. The van der Waals surface area contributed by atoms with Crippen LogP contribution >= 0.6 is 0 Å². The second-order valence-corrected chi connectivity index (χ2v) is 8.08. The number of nitrogen functional groups attached to an aromatic ring is 2. The number of hydrogen-bond donors (Lipinski definition) is 2. The Kier molecular flexibility index (Phi) is 6.33. The number of pyridine rings is 1. The first-order valence-electron chi connectivity index (χ1n) is 10.7. The maximum Gasteiger partial charge on any atom is 0.219 e. The highest BCUT2D eigenvalue weighted by atomic mass is 19.1. The van der Waals surface area contributed by atoms with Crippen molar-refractivity contribution in [2.45, 2.75) is 20.8 Å². The van der Waals surface area contributed by atoms with E-state index in [9.17, 15) is 13.6 Å². The van der Waals surface area contributed by atoms with Crippen molar-refractivity contribution in [1.29, 1.82) is 0 Å². The molecule has 0 bridgehead atoms.